The molecule has 1 saturated heterocycles. The van der Waals surface area contributed by atoms with Crippen LogP contribution in [0.5, 0.6) is 0 Å². The van der Waals surface area contributed by atoms with Gasteiger partial charge in [0.25, 0.3) is 0 Å². The van der Waals surface area contributed by atoms with Crippen molar-refractivity contribution >= 4 is 5.97 Å². The van der Waals surface area contributed by atoms with E-state index in [0.717, 1.165) is 17.7 Å². The molecule has 4 rings (SSSR count). The van der Waals surface area contributed by atoms with E-state index in [9.17, 15) is 18.0 Å². The SMILES string of the molecule is CC1C(=O)OC(COCc2ccccc2)[C@H](C)[C@@H]1n1cc(-c2cc(F)c(F)c(F)c2)nn1. The lowest BCUT2D eigenvalue weighted by Gasteiger charge is -2.38. The third-order valence-corrected chi connectivity index (χ3v) is 5.77. The van der Waals surface area contributed by atoms with Gasteiger partial charge < -0.3 is 9.47 Å². The van der Waals surface area contributed by atoms with Gasteiger partial charge in [-0.25, -0.2) is 17.9 Å². The van der Waals surface area contributed by atoms with Gasteiger partial charge in [-0.15, -0.1) is 5.10 Å². The van der Waals surface area contributed by atoms with Gasteiger partial charge in [0, 0.05) is 11.5 Å². The van der Waals surface area contributed by atoms with Gasteiger partial charge in [0.1, 0.15) is 11.8 Å². The summed E-state index contributed by atoms with van der Waals surface area (Å²) in [6.45, 7) is 4.24. The predicted molar refractivity (Wildman–Crippen MR) is 109 cm³/mol. The molecule has 0 spiro atoms. The van der Waals surface area contributed by atoms with E-state index < -0.39 is 41.5 Å². The van der Waals surface area contributed by atoms with Crippen molar-refractivity contribution < 1.29 is 27.4 Å². The molecular weight excluding hydrogens is 423 g/mol. The molecule has 0 N–H and O–H groups in total. The molecule has 1 fully saturated rings. The van der Waals surface area contributed by atoms with Crippen molar-refractivity contribution in [3.63, 3.8) is 0 Å². The third kappa shape index (κ3) is 4.38. The minimum absolute atomic E-state index is 0.0501. The highest BCUT2D eigenvalue weighted by Crippen LogP contribution is 2.36. The van der Waals surface area contributed by atoms with Crippen molar-refractivity contribution in [2.24, 2.45) is 11.8 Å². The van der Waals surface area contributed by atoms with Gasteiger partial charge in [-0.1, -0.05) is 42.5 Å². The standard InChI is InChI=1S/C23H22F3N3O3/c1-13-20(12-31-11-15-6-4-3-5-7-15)32-23(30)14(2)22(13)29-10-19(27-28-29)16-8-17(24)21(26)18(25)9-16/h3-10,13-14,20,22H,11-12H2,1-2H3/t13-,14?,20?,22-/m0/s1. The molecule has 32 heavy (non-hydrogen) atoms. The average Bonchev–Trinajstić information content (AvgIpc) is 3.26. The average molecular weight is 445 g/mol. The lowest BCUT2D eigenvalue weighted by atomic mass is 9.84. The van der Waals surface area contributed by atoms with Gasteiger partial charge in [-0.2, -0.15) is 0 Å². The number of esters is 1. The summed E-state index contributed by atoms with van der Waals surface area (Å²) in [7, 11) is 0. The summed E-state index contributed by atoms with van der Waals surface area (Å²) in [6.07, 6.45) is 0.991. The number of carbonyl (C=O) groups is 1. The zero-order valence-corrected chi connectivity index (χ0v) is 17.5. The predicted octanol–water partition coefficient (Wildman–Crippen LogP) is 4.32. The van der Waals surface area contributed by atoms with Gasteiger partial charge in [-0.05, 0) is 24.6 Å². The summed E-state index contributed by atoms with van der Waals surface area (Å²) in [5, 5.41) is 8.04. The summed E-state index contributed by atoms with van der Waals surface area (Å²) < 4.78 is 53.3. The molecule has 0 radical (unpaired) electrons. The Kier molecular flexibility index (Phi) is 6.27. The largest absolute Gasteiger partial charge is 0.459 e. The molecule has 3 aromatic rings. The summed E-state index contributed by atoms with van der Waals surface area (Å²) in [5.41, 5.74) is 1.22. The molecule has 168 valence electrons. The van der Waals surface area contributed by atoms with Crippen molar-refractivity contribution in [3.8, 4) is 11.3 Å². The molecule has 2 unspecified atom stereocenters. The van der Waals surface area contributed by atoms with E-state index in [1.54, 1.807) is 6.92 Å². The molecule has 1 aliphatic rings. The zero-order chi connectivity index (χ0) is 22.8. The van der Waals surface area contributed by atoms with E-state index in [-0.39, 0.29) is 23.8 Å². The number of hydrogen-bond acceptors (Lipinski definition) is 5. The van der Waals surface area contributed by atoms with Crippen LogP contribution in [-0.4, -0.2) is 33.7 Å². The number of rotatable bonds is 6. The molecule has 6 nitrogen and oxygen atoms in total. The second-order valence-electron chi connectivity index (χ2n) is 7.95. The highest BCUT2D eigenvalue weighted by molar-refractivity contribution is 5.74. The van der Waals surface area contributed by atoms with Gasteiger partial charge in [0.15, 0.2) is 17.5 Å². The van der Waals surface area contributed by atoms with E-state index in [0.29, 0.717) is 6.61 Å². The van der Waals surface area contributed by atoms with Crippen LogP contribution in [0.2, 0.25) is 0 Å². The lowest BCUT2D eigenvalue weighted by molar-refractivity contribution is -0.175. The maximum absolute atomic E-state index is 13.6. The molecule has 4 atom stereocenters. The first-order valence-corrected chi connectivity index (χ1v) is 10.2. The molecular formula is C23H22F3N3O3. The lowest BCUT2D eigenvalue weighted by Crippen LogP contribution is -2.46. The quantitative estimate of drug-likeness (QED) is 0.418. The minimum atomic E-state index is -1.54. The van der Waals surface area contributed by atoms with Crippen LogP contribution in [0.3, 0.4) is 0 Å². The summed E-state index contributed by atoms with van der Waals surface area (Å²) in [4.78, 5) is 12.5. The van der Waals surface area contributed by atoms with E-state index >= 15 is 0 Å². The molecule has 9 heteroatoms. The van der Waals surface area contributed by atoms with Crippen LogP contribution in [0.15, 0.2) is 48.7 Å². The summed E-state index contributed by atoms with van der Waals surface area (Å²) >= 11 is 0. The highest BCUT2D eigenvalue weighted by Gasteiger charge is 2.43. The number of nitrogens with zero attached hydrogens (tertiary/aromatic N) is 3. The van der Waals surface area contributed by atoms with Crippen LogP contribution in [0, 0.1) is 29.3 Å². The van der Waals surface area contributed by atoms with Crippen LogP contribution in [0.4, 0.5) is 13.2 Å². The molecule has 0 aliphatic carbocycles. The minimum Gasteiger partial charge on any atom is -0.459 e. The Bertz CT molecular complexity index is 1080. The van der Waals surface area contributed by atoms with Gasteiger partial charge in [0.05, 0.1) is 31.4 Å². The number of hydrogen-bond donors (Lipinski definition) is 0. The van der Waals surface area contributed by atoms with Crippen LogP contribution in [-0.2, 0) is 20.9 Å². The molecule has 2 heterocycles. The second-order valence-corrected chi connectivity index (χ2v) is 7.95. The topological polar surface area (TPSA) is 66.2 Å². The molecule has 0 saturated carbocycles. The van der Waals surface area contributed by atoms with Crippen molar-refractivity contribution in [1.82, 2.24) is 15.0 Å². The molecule has 1 aliphatic heterocycles. The second kappa shape index (κ2) is 9.12. The molecule has 0 bridgehead atoms. The van der Waals surface area contributed by atoms with Gasteiger partial charge >= 0.3 is 5.97 Å². The zero-order valence-electron chi connectivity index (χ0n) is 17.5. The first-order valence-electron chi connectivity index (χ1n) is 10.2. The number of cyclic esters (lactones) is 1. The summed E-state index contributed by atoms with van der Waals surface area (Å²) in [5.74, 6) is -5.25. The van der Waals surface area contributed by atoms with Crippen LogP contribution < -0.4 is 0 Å². The van der Waals surface area contributed by atoms with E-state index in [1.807, 2.05) is 37.3 Å². The maximum Gasteiger partial charge on any atom is 0.311 e. The Morgan fingerprint density at radius 3 is 2.47 bits per heavy atom. The monoisotopic (exact) mass is 445 g/mol. The maximum atomic E-state index is 13.6. The van der Waals surface area contributed by atoms with Gasteiger partial charge in [0.2, 0.25) is 0 Å². The third-order valence-electron chi connectivity index (χ3n) is 5.77. The van der Waals surface area contributed by atoms with Crippen LogP contribution in [0.25, 0.3) is 11.3 Å². The number of aromatic nitrogens is 3. The fourth-order valence-corrected chi connectivity index (χ4v) is 3.96. The Labute approximate surface area is 183 Å². The first kappa shape index (κ1) is 22.0. The Balaban J connectivity index is 1.51. The highest BCUT2D eigenvalue weighted by atomic mass is 19.2. The Hall–Kier alpha value is -3.20. The fraction of sp³-hybridized carbons (Fsp3) is 0.348. The molecule has 0 amide bonds. The van der Waals surface area contributed by atoms with E-state index in [1.165, 1.54) is 10.9 Å². The summed E-state index contributed by atoms with van der Waals surface area (Å²) in [6, 6.07) is 10.9. The first-order chi connectivity index (χ1) is 15.3. The van der Waals surface area contributed by atoms with Gasteiger partial charge in [-0.3, -0.25) is 4.79 Å². The number of benzene rings is 2. The van der Waals surface area contributed by atoms with Crippen molar-refractivity contribution in [2.75, 3.05) is 6.61 Å². The fourth-order valence-electron chi connectivity index (χ4n) is 3.96. The Morgan fingerprint density at radius 2 is 1.78 bits per heavy atom. The number of ether oxygens (including phenoxy) is 2. The smallest absolute Gasteiger partial charge is 0.311 e. The molecule has 1 aromatic heterocycles. The normalized spacial score (nSPS) is 23.2. The number of carbonyl (C=O) groups excluding carboxylic acids is 1. The molecule has 2 aromatic carbocycles. The van der Waals surface area contributed by atoms with Crippen molar-refractivity contribution in [3.05, 3.63) is 71.7 Å². The Morgan fingerprint density at radius 1 is 1.09 bits per heavy atom. The van der Waals surface area contributed by atoms with Crippen LogP contribution in [0.1, 0.15) is 25.5 Å². The van der Waals surface area contributed by atoms with Crippen molar-refractivity contribution in [2.45, 2.75) is 32.6 Å². The van der Waals surface area contributed by atoms with Crippen LogP contribution >= 0.6 is 0 Å². The van der Waals surface area contributed by atoms with E-state index in [4.69, 9.17) is 9.47 Å². The number of halogens is 3. The van der Waals surface area contributed by atoms with Crippen molar-refractivity contribution in [1.29, 1.82) is 0 Å². The van der Waals surface area contributed by atoms with E-state index in [2.05, 4.69) is 10.3 Å².